The average Bonchev–Trinajstić information content (AvgIpc) is 3.51. The maximum absolute atomic E-state index is 7.04. The van der Waals surface area contributed by atoms with Crippen molar-refractivity contribution in [3.8, 4) is 22.6 Å². The summed E-state index contributed by atoms with van der Waals surface area (Å²) in [4.78, 5) is 0. The van der Waals surface area contributed by atoms with E-state index in [4.69, 9.17) is 18.9 Å². The van der Waals surface area contributed by atoms with E-state index in [0.29, 0.717) is 25.7 Å². The molecule has 0 aliphatic heterocycles. The molecule has 4 heteroatoms. The van der Waals surface area contributed by atoms with E-state index in [1.54, 1.807) is 0 Å². The van der Waals surface area contributed by atoms with E-state index in [2.05, 4.69) is 187 Å². The van der Waals surface area contributed by atoms with Crippen LogP contribution in [0.3, 0.4) is 0 Å². The molecule has 5 aromatic carbocycles. The van der Waals surface area contributed by atoms with Crippen LogP contribution in [0.5, 0.6) is 11.5 Å². The number of benzene rings is 5. The lowest BCUT2D eigenvalue weighted by Gasteiger charge is -2.38. The smallest absolute Gasteiger partial charge is 0.145 e. The molecule has 2 atom stereocenters. The first-order chi connectivity index (χ1) is 27.6. The Morgan fingerprint density at radius 3 is 1.65 bits per heavy atom. The second kappa shape index (κ2) is 16.0. The predicted molar refractivity (Wildman–Crippen MR) is 233 cm³/mol. The van der Waals surface area contributed by atoms with Gasteiger partial charge in [0.05, 0.1) is 31.5 Å². The van der Waals surface area contributed by atoms with Crippen LogP contribution in [0.15, 0.2) is 151 Å². The Balaban J connectivity index is 0.904. The summed E-state index contributed by atoms with van der Waals surface area (Å²) in [7, 11) is 0. The minimum Gasteiger partial charge on any atom is -0.494 e. The average molecular weight is 757 g/mol. The Morgan fingerprint density at radius 2 is 1.09 bits per heavy atom. The molecule has 0 N–H and O–H groups in total. The standard InChI is InChI=1S/C53H56O4/c1-37(2)52(47-22-9-7-8-18-43(47)44-19-10-13-23-48(44)52)39-26-30-41(31-27-39)54-34-16-17-35-55-42-32-28-40(29-33-42)53(56-36-38(3)57-51(4,5)6)49-24-14-11-20-45(49)46-21-12-15-25-50(46)53/h8-15,18-33,37-38H,7,16-17,34-36H2,1-6H3. The highest BCUT2D eigenvalue weighted by Crippen LogP contribution is 2.56. The van der Waals surface area contributed by atoms with E-state index in [-0.39, 0.29) is 17.1 Å². The number of rotatable bonds is 14. The van der Waals surface area contributed by atoms with Gasteiger partial charge in [0.15, 0.2) is 0 Å². The zero-order chi connectivity index (χ0) is 39.6. The second-order valence-electron chi connectivity index (χ2n) is 17.0. The molecule has 0 heterocycles. The van der Waals surface area contributed by atoms with Crippen LogP contribution in [0.4, 0.5) is 0 Å². The first kappa shape index (κ1) is 38.7. The maximum atomic E-state index is 7.04. The predicted octanol–water partition coefficient (Wildman–Crippen LogP) is 12.6. The molecule has 3 aliphatic rings. The Labute approximate surface area is 339 Å². The van der Waals surface area contributed by atoms with Gasteiger partial charge in [0, 0.05) is 16.5 Å². The highest BCUT2D eigenvalue weighted by atomic mass is 16.6. The fraction of sp³-hybridized carbons (Fsp3) is 0.321. The van der Waals surface area contributed by atoms with Gasteiger partial charge in [0.25, 0.3) is 0 Å². The second-order valence-corrected chi connectivity index (χ2v) is 17.0. The summed E-state index contributed by atoms with van der Waals surface area (Å²) in [5.41, 5.74) is 11.4. The zero-order valence-electron chi connectivity index (χ0n) is 34.4. The minimum absolute atomic E-state index is 0.0809. The molecule has 292 valence electrons. The van der Waals surface area contributed by atoms with Crippen LogP contribution < -0.4 is 9.47 Å². The summed E-state index contributed by atoms with van der Waals surface area (Å²) in [5, 5.41) is 0. The molecule has 0 bridgehead atoms. The van der Waals surface area contributed by atoms with Crippen molar-refractivity contribution < 1.29 is 18.9 Å². The monoisotopic (exact) mass is 756 g/mol. The Morgan fingerprint density at radius 1 is 0.579 bits per heavy atom. The molecule has 0 saturated heterocycles. The van der Waals surface area contributed by atoms with Gasteiger partial charge in [0.2, 0.25) is 0 Å². The van der Waals surface area contributed by atoms with E-state index >= 15 is 0 Å². The summed E-state index contributed by atoms with van der Waals surface area (Å²) in [6.07, 6.45) is 11.9. The van der Waals surface area contributed by atoms with Gasteiger partial charge in [0.1, 0.15) is 17.1 Å². The summed E-state index contributed by atoms with van der Waals surface area (Å²) in [5.74, 6) is 2.12. The van der Waals surface area contributed by atoms with E-state index in [1.807, 2.05) is 0 Å². The molecule has 0 fully saturated rings. The van der Waals surface area contributed by atoms with Crippen LogP contribution in [0, 0.1) is 5.92 Å². The highest BCUT2D eigenvalue weighted by Gasteiger charge is 2.48. The van der Waals surface area contributed by atoms with Crippen molar-refractivity contribution in [1.29, 1.82) is 0 Å². The fourth-order valence-electron chi connectivity index (χ4n) is 9.49. The molecule has 2 unspecified atom stereocenters. The van der Waals surface area contributed by atoms with Crippen LogP contribution in [0.25, 0.3) is 16.7 Å². The summed E-state index contributed by atoms with van der Waals surface area (Å²) >= 11 is 0. The van der Waals surface area contributed by atoms with Gasteiger partial charge >= 0.3 is 0 Å². The number of unbranched alkanes of at least 4 members (excludes halogenated alkanes) is 1. The number of ether oxygens (including phenoxy) is 4. The molecule has 0 aromatic heterocycles. The molecule has 0 saturated carbocycles. The van der Waals surface area contributed by atoms with Gasteiger partial charge in [-0.25, -0.2) is 0 Å². The van der Waals surface area contributed by atoms with Crippen molar-refractivity contribution in [1.82, 2.24) is 0 Å². The molecule has 57 heavy (non-hydrogen) atoms. The van der Waals surface area contributed by atoms with Gasteiger partial charge in [-0.2, -0.15) is 0 Å². The number of hydrogen-bond acceptors (Lipinski definition) is 4. The van der Waals surface area contributed by atoms with Gasteiger partial charge in [-0.15, -0.1) is 0 Å². The number of allylic oxidation sites excluding steroid dienone is 6. The van der Waals surface area contributed by atoms with Crippen LogP contribution in [-0.4, -0.2) is 31.5 Å². The minimum atomic E-state index is -0.752. The van der Waals surface area contributed by atoms with Crippen LogP contribution in [0.2, 0.25) is 0 Å². The largest absolute Gasteiger partial charge is 0.494 e. The van der Waals surface area contributed by atoms with Crippen molar-refractivity contribution in [3.05, 3.63) is 185 Å². The lowest BCUT2D eigenvalue weighted by atomic mass is 9.64. The van der Waals surface area contributed by atoms with Crippen LogP contribution >= 0.6 is 0 Å². The van der Waals surface area contributed by atoms with E-state index in [9.17, 15) is 0 Å². The Bertz CT molecular complexity index is 2240. The van der Waals surface area contributed by atoms with Crippen molar-refractivity contribution in [2.24, 2.45) is 5.92 Å². The van der Waals surface area contributed by atoms with Gasteiger partial charge < -0.3 is 18.9 Å². The quantitative estimate of drug-likeness (QED) is 0.106. The first-order valence-electron chi connectivity index (χ1n) is 20.8. The number of hydrogen-bond donors (Lipinski definition) is 0. The molecular weight excluding hydrogens is 701 g/mol. The van der Waals surface area contributed by atoms with Crippen molar-refractivity contribution in [2.45, 2.75) is 83.5 Å². The maximum Gasteiger partial charge on any atom is 0.145 e. The third-order valence-corrected chi connectivity index (χ3v) is 11.7. The topological polar surface area (TPSA) is 36.9 Å². The van der Waals surface area contributed by atoms with E-state index in [0.717, 1.165) is 47.5 Å². The lowest BCUT2D eigenvalue weighted by Crippen LogP contribution is -2.36. The van der Waals surface area contributed by atoms with Crippen molar-refractivity contribution in [2.75, 3.05) is 19.8 Å². The molecular formula is C53H56O4. The Hall–Kier alpha value is -5.16. The van der Waals surface area contributed by atoms with Gasteiger partial charge in [-0.1, -0.05) is 135 Å². The highest BCUT2D eigenvalue weighted by molar-refractivity contribution is 5.90. The molecule has 3 aliphatic carbocycles. The van der Waals surface area contributed by atoms with E-state index in [1.165, 1.54) is 39.0 Å². The summed E-state index contributed by atoms with van der Waals surface area (Å²) < 4.78 is 25.8. The van der Waals surface area contributed by atoms with Crippen LogP contribution in [-0.2, 0) is 20.5 Å². The molecule has 8 rings (SSSR count). The van der Waals surface area contributed by atoms with E-state index < -0.39 is 5.60 Å². The van der Waals surface area contributed by atoms with Crippen molar-refractivity contribution >= 4 is 5.57 Å². The fourth-order valence-corrected chi connectivity index (χ4v) is 9.49. The number of fused-ring (bicyclic) bond motifs is 5. The van der Waals surface area contributed by atoms with Crippen molar-refractivity contribution in [3.63, 3.8) is 0 Å². The normalized spacial score (nSPS) is 18.2. The van der Waals surface area contributed by atoms with Crippen LogP contribution in [0.1, 0.15) is 94.2 Å². The van der Waals surface area contributed by atoms with Gasteiger partial charge in [-0.3, -0.25) is 0 Å². The molecule has 0 amide bonds. The zero-order valence-corrected chi connectivity index (χ0v) is 34.4. The first-order valence-corrected chi connectivity index (χ1v) is 20.8. The third kappa shape index (κ3) is 7.19. The molecule has 5 aromatic rings. The SMILES string of the molecule is CC(COC1(c2ccc(OCCCCOc3ccc(C4(C(C)C)C5=C(C=CCC=C5)c5ccccc54)cc3)cc2)c2ccccc2-c2ccccc21)OC(C)(C)C. The third-order valence-electron chi connectivity index (χ3n) is 11.7. The summed E-state index contributed by atoms with van der Waals surface area (Å²) in [6, 6.07) is 43.4. The lowest BCUT2D eigenvalue weighted by molar-refractivity contribution is -0.107. The van der Waals surface area contributed by atoms with Gasteiger partial charge in [-0.05, 0) is 122 Å². The summed E-state index contributed by atoms with van der Waals surface area (Å²) in [6.45, 7) is 14.7. The molecule has 0 radical (unpaired) electrons. The Kier molecular flexibility index (Phi) is 10.9. The molecule has 0 spiro atoms. The molecule has 4 nitrogen and oxygen atoms in total.